The van der Waals surface area contributed by atoms with Gasteiger partial charge in [0.1, 0.15) is 5.82 Å². The summed E-state index contributed by atoms with van der Waals surface area (Å²) >= 11 is 0. The Morgan fingerprint density at radius 1 is 1.45 bits per heavy atom. The maximum Gasteiger partial charge on any atom is 0.260 e. The molecular formula is C14H25N3O2S. The van der Waals surface area contributed by atoms with E-state index in [1.807, 2.05) is 13.8 Å². The molecular weight excluding hydrogens is 274 g/mol. The first-order chi connectivity index (χ1) is 9.36. The van der Waals surface area contributed by atoms with Gasteiger partial charge in [0.25, 0.3) is 10.0 Å². The third-order valence-corrected chi connectivity index (χ3v) is 5.26. The minimum absolute atomic E-state index is 0.118. The van der Waals surface area contributed by atoms with E-state index in [1.165, 1.54) is 0 Å². The lowest BCUT2D eigenvalue weighted by molar-refractivity contribution is 0.414. The molecule has 0 amide bonds. The van der Waals surface area contributed by atoms with Crippen molar-refractivity contribution in [3.8, 4) is 0 Å². The van der Waals surface area contributed by atoms with E-state index in [-0.39, 0.29) is 11.1 Å². The SMILES string of the molecule is CCCc1nc(S(=O)(=O)NC(C)C)c2n1C(C)CCC2. The second kappa shape index (κ2) is 5.85. The summed E-state index contributed by atoms with van der Waals surface area (Å²) in [5, 5.41) is 0.251. The lowest BCUT2D eigenvalue weighted by atomic mass is 10.0. The van der Waals surface area contributed by atoms with Crippen molar-refractivity contribution < 1.29 is 8.42 Å². The monoisotopic (exact) mass is 299 g/mol. The molecule has 1 N–H and O–H groups in total. The van der Waals surface area contributed by atoms with Gasteiger partial charge in [0.2, 0.25) is 0 Å². The highest BCUT2D eigenvalue weighted by atomic mass is 32.2. The van der Waals surface area contributed by atoms with Gasteiger partial charge in [-0.15, -0.1) is 0 Å². The van der Waals surface area contributed by atoms with Crippen LogP contribution in [0.4, 0.5) is 0 Å². The van der Waals surface area contributed by atoms with Gasteiger partial charge in [0.05, 0.1) is 5.69 Å². The highest BCUT2D eigenvalue weighted by Crippen LogP contribution is 2.31. The zero-order valence-corrected chi connectivity index (χ0v) is 13.6. The average Bonchev–Trinajstić information content (AvgIpc) is 2.69. The number of sulfonamides is 1. The number of aryl methyl sites for hydroxylation is 1. The summed E-state index contributed by atoms with van der Waals surface area (Å²) in [6.07, 6.45) is 4.73. The Morgan fingerprint density at radius 2 is 2.15 bits per heavy atom. The summed E-state index contributed by atoms with van der Waals surface area (Å²) in [5.74, 6) is 0.916. The van der Waals surface area contributed by atoms with E-state index in [9.17, 15) is 8.42 Å². The number of hydrogen-bond donors (Lipinski definition) is 1. The average molecular weight is 299 g/mol. The number of nitrogens with one attached hydrogen (secondary N) is 1. The maximum atomic E-state index is 12.5. The topological polar surface area (TPSA) is 64.0 Å². The van der Waals surface area contributed by atoms with E-state index < -0.39 is 10.0 Å². The van der Waals surface area contributed by atoms with Crippen LogP contribution in [0.3, 0.4) is 0 Å². The molecule has 2 heterocycles. The quantitative estimate of drug-likeness (QED) is 0.908. The highest BCUT2D eigenvalue weighted by molar-refractivity contribution is 7.89. The Bertz CT molecular complexity index is 575. The molecule has 1 aromatic heterocycles. The van der Waals surface area contributed by atoms with Crippen LogP contribution in [0, 0.1) is 0 Å². The Labute approximate surface area is 121 Å². The summed E-state index contributed by atoms with van der Waals surface area (Å²) in [6.45, 7) is 7.90. The Morgan fingerprint density at radius 3 is 2.75 bits per heavy atom. The van der Waals surface area contributed by atoms with Crippen molar-refractivity contribution in [3.63, 3.8) is 0 Å². The van der Waals surface area contributed by atoms with Gasteiger partial charge in [-0.25, -0.2) is 18.1 Å². The van der Waals surface area contributed by atoms with Crippen LogP contribution in [-0.4, -0.2) is 24.0 Å². The smallest absolute Gasteiger partial charge is 0.260 e. The first-order valence-corrected chi connectivity index (χ1v) is 8.97. The summed E-state index contributed by atoms with van der Waals surface area (Å²) in [4.78, 5) is 4.47. The van der Waals surface area contributed by atoms with Crippen LogP contribution in [-0.2, 0) is 22.9 Å². The molecule has 0 spiro atoms. The lowest BCUT2D eigenvalue weighted by Gasteiger charge is -2.24. The minimum atomic E-state index is -3.50. The van der Waals surface area contributed by atoms with Gasteiger partial charge in [-0.1, -0.05) is 6.92 Å². The van der Waals surface area contributed by atoms with Gasteiger partial charge in [-0.2, -0.15) is 0 Å². The predicted molar refractivity (Wildman–Crippen MR) is 79.3 cm³/mol. The van der Waals surface area contributed by atoms with Crippen LogP contribution in [0.5, 0.6) is 0 Å². The Hall–Kier alpha value is -0.880. The predicted octanol–water partition coefficient (Wildman–Crippen LogP) is 2.42. The van der Waals surface area contributed by atoms with Gasteiger partial charge in [-0.3, -0.25) is 0 Å². The molecule has 0 radical (unpaired) electrons. The second-order valence-corrected chi connectivity index (χ2v) is 7.55. The van der Waals surface area contributed by atoms with E-state index >= 15 is 0 Å². The molecule has 0 saturated carbocycles. The first-order valence-electron chi connectivity index (χ1n) is 7.49. The summed E-state index contributed by atoms with van der Waals surface area (Å²) in [6, 6.07) is 0.226. The number of rotatable bonds is 5. The van der Waals surface area contributed by atoms with Gasteiger partial charge in [0, 0.05) is 18.5 Å². The maximum absolute atomic E-state index is 12.5. The van der Waals surface area contributed by atoms with Crippen LogP contribution in [0.15, 0.2) is 5.03 Å². The number of aromatic nitrogens is 2. The van der Waals surface area contributed by atoms with Crippen LogP contribution in [0.1, 0.15) is 64.5 Å². The second-order valence-electron chi connectivity index (χ2n) is 5.92. The number of nitrogens with zero attached hydrogens (tertiary/aromatic N) is 2. The molecule has 5 nitrogen and oxygen atoms in total. The van der Waals surface area contributed by atoms with Gasteiger partial charge >= 0.3 is 0 Å². The van der Waals surface area contributed by atoms with Crippen molar-refractivity contribution in [3.05, 3.63) is 11.5 Å². The van der Waals surface area contributed by atoms with Crippen molar-refractivity contribution in [1.29, 1.82) is 0 Å². The fraction of sp³-hybridized carbons (Fsp3) is 0.786. The minimum Gasteiger partial charge on any atom is -0.328 e. The number of imidazole rings is 1. The Kier molecular flexibility index (Phi) is 4.54. The van der Waals surface area contributed by atoms with Crippen LogP contribution in [0.25, 0.3) is 0 Å². The van der Waals surface area contributed by atoms with E-state index in [2.05, 4.69) is 28.1 Å². The van der Waals surface area contributed by atoms with Crippen molar-refractivity contribution in [1.82, 2.24) is 14.3 Å². The molecule has 20 heavy (non-hydrogen) atoms. The molecule has 1 atom stereocenters. The largest absolute Gasteiger partial charge is 0.328 e. The van der Waals surface area contributed by atoms with Crippen molar-refractivity contribution in [2.45, 2.75) is 76.9 Å². The fourth-order valence-corrected chi connectivity index (χ4v) is 4.39. The standard InChI is InChI=1S/C14H25N3O2S/c1-5-7-13-15-14(20(18,19)16-10(2)3)12-9-6-8-11(4)17(12)13/h10-11,16H,5-9H2,1-4H3. The molecule has 1 aromatic rings. The third kappa shape index (κ3) is 2.91. The van der Waals surface area contributed by atoms with E-state index in [4.69, 9.17) is 0 Å². The first kappa shape index (κ1) is 15.5. The van der Waals surface area contributed by atoms with Gasteiger partial charge in [-0.05, 0) is 46.5 Å². The van der Waals surface area contributed by atoms with Gasteiger partial charge in [0.15, 0.2) is 5.03 Å². The van der Waals surface area contributed by atoms with E-state index in [0.29, 0.717) is 6.04 Å². The zero-order chi connectivity index (χ0) is 14.9. The molecule has 0 saturated heterocycles. The van der Waals surface area contributed by atoms with Crippen molar-refractivity contribution in [2.24, 2.45) is 0 Å². The van der Waals surface area contributed by atoms with E-state index in [0.717, 1.165) is 43.6 Å². The van der Waals surface area contributed by atoms with Crippen LogP contribution < -0.4 is 4.72 Å². The molecule has 0 bridgehead atoms. The van der Waals surface area contributed by atoms with Gasteiger partial charge < -0.3 is 4.57 Å². The van der Waals surface area contributed by atoms with Crippen LogP contribution >= 0.6 is 0 Å². The normalized spacial score (nSPS) is 19.4. The number of hydrogen-bond acceptors (Lipinski definition) is 3. The fourth-order valence-electron chi connectivity index (χ4n) is 2.92. The number of fused-ring (bicyclic) bond motifs is 1. The molecule has 1 unspecified atom stereocenters. The summed E-state index contributed by atoms with van der Waals surface area (Å²) < 4.78 is 29.7. The highest BCUT2D eigenvalue weighted by Gasteiger charge is 2.30. The molecule has 0 aliphatic carbocycles. The Balaban J connectivity index is 2.52. The molecule has 1 aliphatic heterocycles. The lowest BCUT2D eigenvalue weighted by Crippen LogP contribution is -2.31. The molecule has 0 aromatic carbocycles. The molecule has 1 aliphatic rings. The molecule has 114 valence electrons. The molecule has 0 fully saturated rings. The summed E-state index contributed by atoms with van der Waals surface area (Å²) in [7, 11) is -3.50. The third-order valence-electron chi connectivity index (χ3n) is 3.64. The molecule has 2 rings (SSSR count). The molecule has 6 heteroatoms. The zero-order valence-electron chi connectivity index (χ0n) is 12.8. The van der Waals surface area contributed by atoms with Crippen LogP contribution in [0.2, 0.25) is 0 Å². The van der Waals surface area contributed by atoms with Crippen molar-refractivity contribution in [2.75, 3.05) is 0 Å². The van der Waals surface area contributed by atoms with E-state index in [1.54, 1.807) is 0 Å². The van der Waals surface area contributed by atoms with Crippen molar-refractivity contribution >= 4 is 10.0 Å². The summed E-state index contributed by atoms with van der Waals surface area (Å²) in [5.41, 5.74) is 0.889.